The first-order valence-electron chi connectivity index (χ1n) is 11.3. The number of hydrogen-bond donors (Lipinski definition) is 0. The summed E-state index contributed by atoms with van der Waals surface area (Å²) in [7, 11) is 1.69. The molecule has 1 amide bonds. The highest BCUT2D eigenvalue weighted by atomic mass is 19.2. The summed E-state index contributed by atoms with van der Waals surface area (Å²) in [4.78, 5) is 21.1. The Bertz CT molecular complexity index is 1430. The number of fused-ring (bicyclic) bond motifs is 4. The average Bonchev–Trinajstić information content (AvgIpc) is 3.50. The van der Waals surface area contributed by atoms with Gasteiger partial charge in [0.2, 0.25) is 0 Å². The van der Waals surface area contributed by atoms with Crippen molar-refractivity contribution in [3.8, 4) is 16.9 Å². The Hall–Kier alpha value is -4.02. The molecular formula is C24H20F3N7O. The van der Waals surface area contributed by atoms with Crippen molar-refractivity contribution in [1.29, 1.82) is 0 Å². The summed E-state index contributed by atoms with van der Waals surface area (Å²) in [6.07, 6.45) is 9.11. The van der Waals surface area contributed by atoms with Crippen LogP contribution in [0.25, 0.3) is 16.9 Å². The van der Waals surface area contributed by atoms with Gasteiger partial charge in [-0.05, 0) is 43.9 Å². The second-order valence-corrected chi connectivity index (χ2v) is 8.86. The Morgan fingerprint density at radius 1 is 1.03 bits per heavy atom. The first kappa shape index (κ1) is 21.5. The molecule has 2 bridgehead atoms. The van der Waals surface area contributed by atoms with Gasteiger partial charge in [-0.2, -0.15) is 20.1 Å². The fourth-order valence-electron chi connectivity index (χ4n) is 5.35. The van der Waals surface area contributed by atoms with Crippen molar-refractivity contribution in [2.45, 2.75) is 37.8 Å². The number of aryl methyl sites for hydroxylation is 1. The van der Waals surface area contributed by atoms with Crippen LogP contribution in [0, 0.1) is 17.5 Å². The highest BCUT2D eigenvalue weighted by molar-refractivity contribution is 5.95. The number of benzene rings is 1. The van der Waals surface area contributed by atoms with Crippen molar-refractivity contribution in [2.75, 3.05) is 0 Å². The minimum atomic E-state index is -1.50. The quantitative estimate of drug-likeness (QED) is 0.418. The zero-order valence-electron chi connectivity index (χ0n) is 18.7. The van der Waals surface area contributed by atoms with Crippen LogP contribution in [-0.2, 0) is 13.5 Å². The van der Waals surface area contributed by atoms with Crippen molar-refractivity contribution in [1.82, 2.24) is 34.7 Å². The Balaban J connectivity index is 1.40. The minimum absolute atomic E-state index is 0.113. The van der Waals surface area contributed by atoms with Gasteiger partial charge >= 0.3 is 0 Å². The first-order valence-corrected chi connectivity index (χ1v) is 11.3. The molecule has 8 nitrogen and oxygen atoms in total. The number of piperidine rings is 1. The maximum atomic E-state index is 14.0. The van der Waals surface area contributed by atoms with Crippen LogP contribution in [0.5, 0.6) is 0 Å². The molecule has 2 atom stereocenters. The summed E-state index contributed by atoms with van der Waals surface area (Å²) in [6, 6.07) is 3.28. The van der Waals surface area contributed by atoms with E-state index in [0.717, 1.165) is 30.5 Å². The number of aromatic nitrogens is 6. The molecule has 1 fully saturated rings. The molecule has 0 unspecified atom stereocenters. The summed E-state index contributed by atoms with van der Waals surface area (Å²) in [5, 5.41) is 12.9. The van der Waals surface area contributed by atoms with Gasteiger partial charge in [0, 0.05) is 30.4 Å². The van der Waals surface area contributed by atoms with Crippen LogP contribution in [0.15, 0.2) is 43.0 Å². The van der Waals surface area contributed by atoms with Crippen LogP contribution in [0.1, 0.15) is 46.9 Å². The number of pyridine rings is 1. The molecule has 3 aromatic heterocycles. The van der Waals surface area contributed by atoms with Crippen LogP contribution in [-0.4, -0.2) is 46.6 Å². The molecule has 178 valence electrons. The molecule has 0 N–H and O–H groups in total. The van der Waals surface area contributed by atoms with E-state index < -0.39 is 17.5 Å². The normalized spacial score (nSPS) is 19.0. The van der Waals surface area contributed by atoms with Crippen LogP contribution in [0.3, 0.4) is 0 Å². The van der Waals surface area contributed by atoms with Gasteiger partial charge in [-0.1, -0.05) is 0 Å². The van der Waals surface area contributed by atoms with E-state index in [9.17, 15) is 18.0 Å². The first-order chi connectivity index (χ1) is 16.9. The highest BCUT2D eigenvalue weighted by Crippen LogP contribution is 2.45. The summed E-state index contributed by atoms with van der Waals surface area (Å²) in [5.41, 5.74) is 3.29. The molecule has 0 aliphatic carbocycles. The molecule has 2 aliphatic heterocycles. The summed E-state index contributed by atoms with van der Waals surface area (Å²) in [5.74, 6) is -4.17. The van der Waals surface area contributed by atoms with E-state index in [1.165, 1.54) is 11.0 Å². The van der Waals surface area contributed by atoms with Gasteiger partial charge in [0.15, 0.2) is 17.5 Å². The third-order valence-electron chi connectivity index (χ3n) is 6.79. The maximum Gasteiger partial charge on any atom is 0.256 e. The molecule has 0 saturated carbocycles. The summed E-state index contributed by atoms with van der Waals surface area (Å²) < 4.78 is 43.1. The third kappa shape index (κ3) is 3.41. The third-order valence-corrected chi connectivity index (χ3v) is 6.79. The lowest BCUT2D eigenvalue weighted by molar-refractivity contribution is 0.0391. The molecule has 0 spiro atoms. The highest BCUT2D eigenvalue weighted by Gasteiger charge is 2.43. The molecule has 1 saturated heterocycles. The molecule has 4 aromatic rings. The predicted molar refractivity (Wildman–Crippen MR) is 118 cm³/mol. The zero-order chi connectivity index (χ0) is 24.3. The minimum Gasteiger partial charge on any atom is -0.327 e. The van der Waals surface area contributed by atoms with Crippen molar-refractivity contribution < 1.29 is 18.0 Å². The van der Waals surface area contributed by atoms with E-state index in [1.807, 2.05) is 4.90 Å². The number of rotatable bonds is 3. The molecule has 5 heterocycles. The molecule has 0 radical (unpaired) electrons. The van der Waals surface area contributed by atoms with Gasteiger partial charge in [-0.3, -0.25) is 14.5 Å². The van der Waals surface area contributed by atoms with E-state index in [-0.39, 0.29) is 23.6 Å². The van der Waals surface area contributed by atoms with Gasteiger partial charge in [-0.15, -0.1) is 0 Å². The lowest BCUT2D eigenvalue weighted by Gasteiger charge is -2.45. The Labute approximate surface area is 198 Å². The number of carbonyl (C=O) groups excluding carboxylic acids is 1. The lowest BCUT2D eigenvalue weighted by Crippen LogP contribution is -2.49. The van der Waals surface area contributed by atoms with Crippen molar-refractivity contribution in [2.24, 2.45) is 7.05 Å². The monoisotopic (exact) mass is 479 g/mol. The van der Waals surface area contributed by atoms with Crippen molar-refractivity contribution >= 4 is 5.91 Å². The topological polar surface area (TPSA) is 81.7 Å². The lowest BCUT2D eigenvalue weighted by atomic mass is 9.81. The Kier molecular flexibility index (Phi) is 4.94. The molecule has 1 aromatic carbocycles. The number of carbonyl (C=O) groups is 1. The number of halogens is 3. The van der Waals surface area contributed by atoms with Gasteiger partial charge < -0.3 is 4.90 Å². The maximum absolute atomic E-state index is 14.0. The van der Waals surface area contributed by atoms with Crippen LogP contribution in [0.4, 0.5) is 13.2 Å². The number of amides is 1. The fourth-order valence-corrected chi connectivity index (χ4v) is 5.35. The fraction of sp³-hybridized carbons (Fsp3) is 0.292. The molecule has 11 heteroatoms. The summed E-state index contributed by atoms with van der Waals surface area (Å²) in [6.45, 7) is 0. The zero-order valence-corrected chi connectivity index (χ0v) is 18.7. The smallest absolute Gasteiger partial charge is 0.256 e. The van der Waals surface area contributed by atoms with Crippen molar-refractivity contribution in [3.05, 3.63) is 77.3 Å². The molecule has 2 aliphatic rings. The van der Waals surface area contributed by atoms with Gasteiger partial charge in [0.25, 0.3) is 5.91 Å². The Morgan fingerprint density at radius 2 is 1.77 bits per heavy atom. The van der Waals surface area contributed by atoms with Gasteiger partial charge in [0.1, 0.15) is 5.69 Å². The average molecular weight is 479 g/mol. The van der Waals surface area contributed by atoms with E-state index in [4.69, 9.17) is 0 Å². The van der Waals surface area contributed by atoms with Crippen LogP contribution < -0.4 is 0 Å². The molecule has 6 rings (SSSR count). The van der Waals surface area contributed by atoms with E-state index in [1.54, 1.807) is 36.4 Å². The SMILES string of the molecule is Cn1nc2c(c1-c1cc(F)c(F)c(F)c1)C[C@@H]1CCC[C@H]2N1C(=O)c1cncc(-n2nccn2)c1. The van der Waals surface area contributed by atoms with Gasteiger partial charge in [0.05, 0.1) is 41.6 Å². The van der Waals surface area contributed by atoms with Crippen LogP contribution >= 0.6 is 0 Å². The second-order valence-electron chi connectivity index (χ2n) is 8.86. The molecule has 35 heavy (non-hydrogen) atoms. The van der Waals surface area contributed by atoms with E-state index in [0.29, 0.717) is 35.5 Å². The molecular weight excluding hydrogens is 459 g/mol. The number of hydrogen-bond acceptors (Lipinski definition) is 5. The Morgan fingerprint density at radius 3 is 2.51 bits per heavy atom. The van der Waals surface area contributed by atoms with Crippen LogP contribution in [0.2, 0.25) is 0 Å². The van der Waals surface area contributed by atoms with Gasteiger partial charge in [-0.25, -0.2) is 13.2 Å². The second kappa shape index (κ2) is 8.03. The van der Waals surface area contributed by atoms with E-state index in [2.05, 4.69) is 20.3 Å². The number of nitrogens with zero attached hydrogens (tertiary/aromatic N) is 7. The largest absolute Gasteiger partial charge is 0.327 e. The standard InChI is InChI=1S/C24H20F3N7O/c1-32-23(13-8-18(25)21(27)19(26)9-13)17-10-15-3-2-4-20(22(17)31-32)33(15)24(35)14-7-16(12-28-11-14)34-29-5-6-30-34/h5-9,11-12,15,20H,2-4,10H2,1H3/t15-,20+/m0/s1. The predicted octanol–water partition coefficient (Wildman–Crippen LogP) is 3.77. The summed E-state index contributed by atoms with van der Waals surface area (Å²) >= 11 is 0. The van der Waals surface area contributed by atoms with E-state index >= 15 is 0 Å². The van der Waals surface area contributed by atoms with Crippen molar-refractivity contribution in [3.63, 3.8) is 0 Å².